The predicted molar refractivity (Wildman–Crippen MR) is 58.2 cm³/mol. The summed E-state index contributed by atoms with van der Waals surface area (Å²) in [6, 6.07) is 8.11. The van der Waals surface area contributed by atoms with E-state index in [9.17, 15) is 13.9 Å². The van der Waals surface area contributed by atoms with Crippen LogP contribution in [0.15, 0.2) is 36.4 Å². The van der Waals surface area contributed by atoms with Gasteiger partial charge >= 0.3 is 0 Å². The summed E-state index contributed by atoms with van der Waals surface area (Å²) in [4.78, 5) is 0. The number of aryl methyl sites for hydroxylation is 1. The maximum absolute atomic E-state index is 13.0. The number of hydrogen-bond donors (Lipinski definition) is 1. The lowest BCUT2D eigenvalue weighted by molar-refractivity contribution is 0.477. The van der Waals surface area contributed by atoms with Gasteiger partial charge in [-0.1, -0.05) is 11.6 Å². The van der Waals surface area contributed by atoms with E-state index < -0.39 is 11.6 Å². The molecule has 2 aromatic rings. The molecule has 0 atom stereocenters. The fraction of sp³-hybridized carbons (Fsp3) is 0.0769. The van der Waals surface area contributed by atoms with Gasteiger partial charge in [0, 0.05) is 11.6 Å². The van der Waals surface area contributed by atoms with E-state index in [2.05, 4.69) is 0 Å². The number of phenols is 1. The van der Waals surface area contributed by atoms with Crippen LogP contribution < -0.4 is 0 Å². The molecule has 3 heteroatoms. The summed E-state index contributed by atoms with van der Waals surface area (Å²) in [5.41, 5.74) is 1.68. The summed E-state index contributed by atoms with van der Waals surface area (Å²) in [5, 5.41) is 9.63. The van der Waals surface area contributed by atoms with Crippen LogP contribution in [0.3, 0.4) is 0 Å². The van der Waals surface area contributed by atoms with Crippen molar-refractivity contribution in [3.8, 4) is 16.9 Å². The number of aromatic hydroxyl groups is 1. The summed E-state index contributed by atoms with van der Waals surface area (Å²) >= 11 is 0. The van der Waals surface area contributed by atoms with Crippen LogP contribution in [0.2, 0.25) is 0 Å². The molecule has 1 N–H and O–H groups in total. The van der Waals surface area contributed by atoms with E-state index in [1.54, 1.807) is 12.1 Å². The molecule has 2 rings (SSSR count). The van der Waals surface area contributed by atoms with Gasteiger partial charge in [-0.05, 0) is 36.8 Å². The minimum atomic E-state index is -0.657. The zero-order chi connectivity index (χ0) is 11.7. The lowest BCUT2D eigenvalue weighted by Gasteiger charge is -2.06. The smallest absolute Gasteiger partial charge is 0.126 e. The van der Waals surface area contributed by atoms with Gasteiger partial charge in [0.1, 0.15) is 17.4 Å². The van der Waals surface area contributed by atoms with Crippen LogP contribution in [-0.2, 0) is 0 Å². The molecule has 0 bridgehead atoms. The Labute approximate surface area is 92.0 Å². The maximum Gasteiger partial charge on any atom is 0.126 e. The molecule has 0 aliphatic heterocycles. The lowest BCUT2D eigenvalue weighted by Crippen LogP contribution is -1.85. The van der Waals surface area contributed by atoms with Crippen LogP contribution in [0.5, 0.6) is 5.75 Å². The van der Waals surface area contributed by atoms with Crippen molar-refractivity contribution >= 4 is 0 Å². The van der Waals surface area contributed by atoms with E-state index >= 15 is 0 Å². The predicted octanol–water partition coefficient (Wildman–Crippen LogP) is 3.65. The molecule has 0 aliphatic rings. The fourth-order valence-corrected chi connectivity index (χ4v) is 1.59. The van der Waals surface area contributed by atoms with Gasteiger partial charge in [-0.3, -0.25) is 0 Å². The zero-order valence-electron chi connectivity index (χ0n) is 8.67. The highest BCUT2D eigenvalue weighted by molar-refractivity contribution is 5.70. The Kier molecular flexibility index (Phi) is 2.60. The minimum absolute atomic E-state index is 0.00981. The van der Waals surface area contributed by atoms with Crippen molar-refractivity contribution in [2.45, 2.75) is 6.92 Å². The average Bonchev–Trinajstić information content (AvgIpc) is 2.20. The van der Waals surface area contributed by atoms with Crippen molar-refractivity contribution in [1.82, 2.24) is 0 Å². The molecule has 0 radical (unpaired) electrons. The fourth-order valence-electron chi connectivity index (χ4n) is 1.59. The van der Waals surface area contributed by atoms with E-state index in [4.69, 9.17) is 0 Å². The summed E-state index contributed by atoms with van der Waals surface area (Å²) < 4.78 is 26.0. The van der Waals surface area contributed by atoms with E-state index in [0.29, 0.717) is 11.1 Å². The Morgan fingerprint density at radius 1 is 0.938 bits per heavy atom. The lowest BCUT2D eigenvalue weighted by atomic mass is 10.0. The molecule has 0 aromatic heterocycles. The van der Waals surface area contributed by atoms with Gasteiger partial charge in [-0.25, -0.2) is 8.78 Å². The van der Waals surface area contributed by atoms with Crippen molar-refractivity contribution in [3.63, 3.8) is 0 Å². The van der Waals surface area contributed by atoms with E-state index in [1.165, 1.54) is 18.2 Å². The van der Waals surface area contributed by atoms with E-state index in [1.807, 2.05) is 6.92 Å². The second kappa shape index (κ2) is 3.93. The highest BCUT2D eigenvalue weighted by atomic mass is 19.1. The minimum Gasteiger partial charge on any atom is -0.507 e. The molecular formula is C13H10F2O. The molecule has 0 heterocycles. The van der Waals surface area contributed by atoms with E-state index in [0.717, 1.165) is 11.6 Å². The maximum atomic E-state index is 13.0. The van der Waals surface area contributed by atoms with Crippen molar-refractivity contribution in [1.29, 1.82) is 0 Å². The Balaban J connectivity index is 2.62. The summed E-state index contributed by atoms with van der Waals surface area (Å²) in [7, 11) is 0. The van der Waals surface area contributed by atoms with Crippen molar-refractivity contribution in [3.05, 3.63) is 53.6 Å². The number of halogens is 2. The molecule has 1 nitrogen and oxygen atoms in total. The molecular weight excluding hydrogens is 210 g/mol. The molecule has 82 valence electrons. The second-order valence-corrected chi connectivity index (χ2v) is 3.68. The van der Waals surface area contributed by atoms with Crippen molar-refractivity contribution in [2.75, 3.05) is 0 Å². The SMILES string of the molecule is Cc1ccc(O)c(-c2cc(F)cc(F)c2)c1. The van der Waals surface area contributed by atoms with E-state index in [-0.39, 0.29) is 5.75 Å². The van der Waals surface area contributed by atoms with Crippen LogP contribution in [0.4, 0.5) is 8.78 Å². The molecule has 0 aliphatic carbocycles. The van der Waals surface area contributed by atoms with Gasteiger partial charge in [0.25, 0.3) is 0 Å². The third-order valence-electron chi connectivity index (χ3n) is 2.33. The third kappa shape index (κ3) is 2.03. The first kappa shape index (κ1) is 10.6. The van der Waals surface area contributed by atoms with Crippen LogP contribution in [0.25, 0.3) is 11.1 Å². The Hall–Kier alpha value is -1.90. The van der Waals surface area contributed by atoms with Gasteiger partial charge in [0.15, 0.2) is 0 Å². The highest BCUT2D eigenvalue weighted by Crippen LogP contribution is 2.30. The van der Waals surface area contributed by atoms with Crippen LogP contribution in [0, 0.1) is 18.6 Å². The van der Waals surface area contributed by atoms with Gasteiger partial charge in [-0.2, -0.15) is 0 Å². The number of rotatable bonds is 1. The largest absolute Gasteiger partial charge is 0.507 e. The number of phenolic OH excluding ortho intramolecular Hbond substituents is 1. The van der Waals surface area contributed by atoms with Gasteiger partial charge < -0.3 is 5.11 Å². The summed E-state index contributed by atoms with van der Waals surface area (Å²) in [5.74, 6) is -1.30. The van der Waals surface area contributed by atoms with Crippen LogP contribution >= 0.6 is 0 Å². The molecule has 0 unspecified atom stereocenters. The molecule has 0 amide bonds. The Morgan fingerprint density at radius 2 is 1.56 bits per heavy atom. The van der Waals surface area contributed by atoms with Crippen molar-refractivity contribution < 1.29 is 13.9 Å². The third-order valence-corrected chi connectivity index (χ3v) is 2.33. The molecule has 0 saturated heterocycles. The quantitative estimate of drug-likeness (QED) is 0.777. The number of hydrogen-bond acceptors (Lipinski definition) is 1. The Morgan fingerprint density at radius 3 is 2.19 bits per heavy atom. The van der Waals surface area contributed by atoms with Gasteiger partial charge in [0.2, 0.25) is 0 Å². The first-order chi connectivity index (χ1) is 7.56. The standard InChI is InChI=1S/C13H10F2O/c1-8-2-3-13(16)12(4-8)9-5-10(14)7-11(15)6-9/h2-7,16H,1H3. The van der Waals surface area contributed by atoms with Crippen LogP contribution in [-0.4, -0.2) is 5.11 Å². The summed E-state index contributed by atoms with van der Waals surface area (Å²) in [6.45, 7) is 1.85. The first-order valence-electron chi connectivity index (χ1n) is 4.82. The summed E-state index contributed by atoms with van der Waals surface area (Å²) in [6.07, 6.45) is 0. The molecule has 2 aromatic carbocycles. The van der Waals surface area contributed by atoms with Crippen molar-refractivity contribution in [2.24, 2.45) is 0 Å². The average molecular weight is 220 g/mol. The molecule has 0 saturated carbocycles. The molecule has 0 fully saturated rings. The highest BCUT2D eigenvalue weighted by Gasteiger charge is 2.07. The Bertz CT molecular complexity index is 515. The molecule has 16 heavy (non-hydrogen) atoms. The van der Waals surface area contributed by atoms with Crippen LogP contribution in [0.1, 0.15) is 5.56 Å². The van der Waals surface area contributed by atoms with Gasteiger partial charge in [-0.15, -0.1) is 0 Å². The van der Waals surface area contributed by atoms with Gasteiger partial charge in [0.05, 0.1) is 0 Å². The molecule has 0 spiro atoms. The topological polar surface area (TPSA) is 20.2 Å². The normalized spacial score (nSPS) is 10.4. The zero-order valence-corrected chi connectivity index (χ0v) is 8.67. The first-order valence-corrected chi connectivity index (χ1v) is 4.82. The monoisotopic (exact) mass is 220 g/mol. The second-order valence-electron chi connectivity index (χ2n) is 3.68. The number of benzene rings is 2.